The molecule has 0 aliphatic carbocycles. The number of anilines is 1. The molecule has 4 rings (SSSR count). The van der Waals surface area contributed by atoms with E-state index in [1.807, 2.05) is 55.5 Å². The molecule has 1 atom stereocenters. The van der Waals surface area contributed by atoms with E-state index in [2.05, 4.69) is 35.8 Å². The number of imidazole rings is 1. The quantitative estimate of drug-likeness (QED) is 0.444. The van der Waals surface area contributed by atoms with Crippen LogP contribution in [-0.4, -0.2) is 31.2 Å². The largest absolute Gasteiger partial charge is 0.340 e. The first kappa shape index (κ1) is 18.8. The molecule has 146 valence electrons. The molecule has 1 unspecified atom stereocenters. The van der Waals surface area contributed by atoms with Gasteiger partial charge in [-0.2, -0.15) is 0 Å². The van der Waals surface area contributed by atoms with Crippen molar-refractivity contribution in [3.63, 3.8) is 0 Å². The number of H-pyrrole nitrogens is 1. The summed E-state index contributed by atoms with van der Waals surface area (Å²) in [4.78, 5) is 24.4. The third-order valence-corrected chi connectivity index (χ3v) is 5.11. The topological polar surface area (TPSA) is 108 Å². The summed E-state index contributed by atoms with van der Waals surface area (Å²) < 4.78 is 0. The SMILES string of the molecule is CCC(NC(=O)Nc1nnc(-c2ccccn2)s1)c1ncc(-c2ccccc2)[nH]1. The molecule has 4 aromatic rings. The maximum absolute atomic E-state index is 12.4. The van der Waals surface area contributed by atoms with Crippen LogP contribution in [0.4, 0.5) is 9.93 Å². The van der Waals surface area contributed by atoms with Gasteiger partial charge in [-0.3, -0.25) is 10.3 Å². The third kappa shape index (κ3) is 4.46. The van der Waals surface area contributed by atoms with Crippen molar-refractivity contribution in [1.82, 2.24) is 30.5 Å². The minimum Gasteiger partial charge on any atom is -0.340 e. The van der Waals surface area contributed by atoms with Gasteiger partial charge in [-0.1, -0.05) is 54.7 Å². The molecular formula is C20H19N7OS. The van der Waals surface area contributed by atoms with E-state index < -0.39 is 0 Å². The molecule has 0 saturated carbocycles. The second kappa shape index (κ2) is 8.61. The predicted octanol–water partition coefficient (Wildman–Crippen LogP) is 4.26. The van der Waals surface area contributed by atoms with Crippen molar-refractivity contribution in [3.8, 4) is 22.0 Å². The van der Waals surface area contributed by atoms with Crippen LogP contribution in [-0.2, 0) is 0 Å². The summed E-state index contributed by atoms with van der Waals surface area (Å²) in [5.74, 6) is 0.702. The number of aromatic amines is 1. The molecule has 0 radical (unpaired) electrons. The van der Waals surface area contributed by atoms with Gasteiger partial charge in [0.25, 0.3) is 0 Å². The summed E-state index contributed by atoms with van der Waals surface area (Å²) in [6.07, 6.45) is 4.15. The van der Waals surface area contributed by atoms with Crippen LogP contribution >= 0.6 is 11.3 Å². The summed E-state index contributed by atoms with van der Waals surface area (Å²) in [6, 6.07) is 14.9. The number of carbonyl (C=O) groups excluding carboxylic acids is 1. The predicted molar refractivity (Wildman–Crippen MR) is 112 cm³/mol. The number of hydrogen-bond acceptors (Lipinski definition) is 6. The summed E-state index contributed by atoms with van der Waals surface area (Å²) in [6.45, 7) is 1.99. The Morgan fingerprint density at radius 3 is 2.69 bits per heavy atom. The standard InChI is InChI=1S/C20H19N7OS/c1-2-14(17-22-12-16(23-17)13-8-4-3-5-9-13)24-19(28)25-20-27-26-18(29-20)15-10-6-7-11-21-15/h3-12,14H,2H2,1H3,(H,22,23)(H2,24,25,27,28). The zero-order valence-corrected chi connectivity index (χ0v) is 16.5. The van der Waals surface area contributed by atoms with E-state index in [9.17, 15) is 4.79 Å². The van der Waals surface area contributed by atoms with E-state index in [1.165, 1.54) is 11.3 Å². The average molecular weight is 405 g/mol. The first-order valence-corrected chi connectivity index (χ1v) is 9.97. The van der Waals surface area contributed by atoms with E-state index in [0.29, 0.717) is 28.1 Å². The monoisotopic (exact) mass is 405 g/mol. The Kier molecular flexibility index (Phi) is 5.57. The normalized spacial score (nSPS) is 11.8. The number of nitrogens with one attached hydrogen (secondary N) is 3. The van der Waals surface area contributed by atoms with Gasteiger partial charge in [0.2, 0.25) is 5.13 Å². The molecule has 2 amide bonds. The number of amides is 2. The van der Waals surface area contributed by atoms with Gasteiger partial charge >= 0.3 is 6.03 Å². The zero-order valence-electron chi connectivity index (χ0n) is 15.7. The van der Waals surface area contributed by atoms with Gasteiger partial charge in [0.05, 0.1) is 17.9 Å². The Hall–Kier alpha value is -3.59. The maximum atomic E-state index is 12.4. The summed E-state index contributed by atoms with van der Waals surface area (Å²) in [5, 5.41) is 14.8. The fourth-order valence-corrected chi connectivity index (χ4v) is 3.52. The van der Waals surface area contributed by atoms with Crippen LogP contribution in [0.25, 0.3) is 22.0 Å². The number of benzene rings is 1. The molecule has 9 heteroatoms. The fraction of sp³-hybridized carbons (Fsp3) is 0.150. The molecule has 29 heavy (non-hydrogen) atoms. The Morgan fingerprint density at radius 2 is 1.93 bits per heavy atom. The Morgan fingerprint density at radius 1 is 1.10 bits per heavy atom. The number of hydrogen-bond donors (Lipinski definition) is 3. The van der Waals surface area contributed by atoms with E-state index in [4.69, 9.17) is 0 Å². The number of pyridine rings is 1. The number of carbonyl (C=O) groups is 1. The van der Waals surface area contributed by atoms with Crippen LogP contribution in [0.1, 0.15) is 25.2 Å². The van der Waals surface area contributed by atoms with Crippen molar-refractivity contribution in [2.45, 2.75) is 19.4 Å². The van der Waals surface area contributed by atoms with Crippen LogP contribution < -0.4 is 10.6 Å². The summed E-state index contributed by atoms with van der Waals surface area (Å²) in [5.41, 5.74) is 2.67. The van der Waals surface area contributed by atoms with Gasteiger partial charge in [-0.05, 0) is 24.1 Å². The smallest absolute Gasteiger partial charge is 0.321 e. The average Bonchev–Trinajstić information content (AvgIpc) is 3.43. The molecule has 1 aromatic carbocycles. The highest BCUT2D eigenvalue weighted by Gasteiger charge is 2.18. The van der Waals surface area contributed by atoms with Gasteiger partial charge < -0.3 is 10.3 Å². The molecule has 0 aliphatic rings. The first-order chi connectivity index (χ1) is 14.2. The molecule has 0 saturated heterocycles. The fourth-order valence-electron chi connectivity index (χ4n) is 2.80. The second-order valence-corrected chi connectivity index (χ2v) is 7.21. The molecular weight excluding hydrogens is 386 g/mol. The highest BCUT2D eigenvalue weighted by Crippen LogP contribution is 2.25. The molecule has 8 nitrogen and oxygen atoms in total. The van der Waals surface area contributed by atoms with Gasteiger partial charge in [-0.25, -0.2) is 9.78 Å². The van der Waals surface area contributed by atoms with E-state index in [1.54, 1.807) is 12.4 Å². The van der Waals surface area contributed by atoms with Crippen LogP contribution in [0.5, 0.6) is 0 Å². The summed E-state index contributed by atoms with van der Waals surface area (Å²) >= 11 is 1.27. The van der Waals surface area contributed by atoms with Crippen LogP contribution in [0, 0.1) is 0 Å². The highest BCUT2D eigenvalue weighted by atomic mass is 32.1. The van der Waals surface area contributed by atoms with Crippen LogP contribution in [0.3, 0.4) is 0 Å². The van der Waals surface area contributed by atoms with Crippen molar-refractivity contribution in [2.75, 3.05) is 5.32 Å². The molecule has 0 spiro atoms. The molecule has 3 aromatic heterocycles. The van der Waals surface area contributed by atoms with E-state index >= 15 is 0 Å². The van der Waals surface area contributed by atoms with Gasteiger partial charge in [-0.15, -0.1) is 10.2 Å². The second-order valence-electron chi connectivity index (χ2n) is 6.23. The number of aromatic nitrogens is 5. The van der Waals surface area contributed by atoms with Crippen molar-refractivity contribution >= 4 is 22.5 Å². The first-order valence-electron chi connectivity index (χ1n) is 9.15. The molecule has 3 heterocycles. The van der Waals surface area contributed by atoms with Gasteiger partial charge in [0.15, 0.2) is 5.01 Å². The number of nitrogens with zero attached hydrogens (tertiary/aromatic N) is 4. The van der Waals surface area contributed by atoms with Gasteiger partial charge in [0.1, 0.15) is 11.5 Å². The lowest BCUT2D eigenvalue weighted by Crippen LogP contribution is -2.32. The highest BCUT2D eigenvalue weighted by molar-refractivity contribution is 7.18. The molecule has 0 aliphatic heterocycles. The molecule has 3 N–H and O–H groups in total. The van der Waals surface area contributed by atoms with Crippen molar-refractivity contribution in [3.05, 3.63) is 66.7 Å². The van der Waals surface area contributed by atoms with E-state index in [-0.39, 0.29) is 12.1 Å². The zero-order chi connectivity index (χ0) is 20.1. The molecule has 0 fully saturated rings. The lowest BCUT2D eigenvalue weighted by Gasteiger charge is -2.14. The van der Waals surface area contributed by atoms with Crippen LogP contribution in [0.15, 0.2) is 60.9 Å². The van der Waals surface area contributed by atoms with E-state index in [0.717, 1.165) is 11.3 Å². The minimum absolute atomic E-state index is 0.254. The van der Waals surface area contributed by atoms with Crippen molar-refractivity contribution < 1.29 is 4.79 Å². The lowest BCUT2D eigenvalue weighted by atomic mass is 10.2. The van der Waals surface area contributed by atoms with Crippen molar-refractivity contribution in [2.24, 2.45) is 0 Å². The summed E-state index contributed by atoms with van der Waals surface area (Å²) in [7, 11) is 0. The minimum atomic E-state index is -0.363. The third-order valence-electron chi connectivity index (χ3n) is 4.25. The van der Waals surface area contributed by atoms with Gasteiger partial charge in [0, 0.05) is 6.20 Å². The lowest BCUT2D eigenvalue weighted by molar-refractivity contribution is 0.247. The Balaban J connectivity index is 1.41. The Labute approximate surface area is 171 Å². The number of urea groups is 1. The van der Waals surface area contributed by atoms with Crippen LogP contribution in [0.2, 0.25) is 0 Å². The maximum Gasteiger partial charge on any atom is 0.321 e. The number of rotatable bonds is 6. The van der Waals surface area contributed by atoms with Crippen molar-refractivity contribution in [1.29, 1.82) is 0 Å². The molecule has 0 bridgehead atoms. The Bertz CT molecular complexity index is 1080.